The first kappa shape index (κ1) is 8.62. The zero-order valence-electron chi connectivity index (χ0n) is 4.76. The van der Waals surface area contributed by atoms with Crippen LogP contribution in [0.3, 0.4) is 0 Å². The maximum absolute atomic E-state index is 10.1. The predicted octanol–water partition coefficient (Wildman–Crippen LogP) is 1.16. The smallest absolute Gasteiger partial charge is 0.303 e. The molecule has 0 fully saturated rings. The molecule has 0 aliphatic rings. The summed E-state index contributed by atoms with van der Waals surface area (Å²) in [6.45, 7) is 0. The van der Waals surface area contributed by atoms with Crippen molar-refractivity contribution >= 4 is 26.6 Å². The molecule has 0 rings (SSSR count). The normalized spacial score (nSPS) is 9.00. The van der Waals surface area contributed by atoms with Crippen molar-refractivity contribution in [3.05, 3.63) is 0 Å². The number of carboxylic acids is 1. The Kier molecular flexibility index (Phi) is 4.30. The maximum atomic E-state index is 10.1. The summed E-state index contributed by atoms with van der Waals surface area (Å²) in [6, 6.07) is 0. The molecule has 0 saturated carbocycles. The monoisotopic (exact) mass is 194 g/mol. The van der Waals surface area contributed by atoms with Crippen molar-refractivity contribution < 1.29 is 14.7 Å². The molecule has 0 spiro atoms. The van der Waals surface area contributed by atoms with Crippen LogP contribution < -0.4 is 0 Å². The van der Waals surface area contributed by atoms with Crippen molar-refractivity contribution in [1.29, 1.82) is 0 Å². The minimum absolute atomic E-state index is 0.0668. The second-order valence-electron chi connectivity index (χ2n) is 1.60. The van der Waals surface area contributed by atoms with Gasteiger partial charge in [-0.2, -0.15) is 0 Å². The number of carbonyl (C=O) groups is 2. The van der Waals surface area contributed by atoms with Gasteiger partial charge in [-0.1, -0.05) is 0 Å². The Balaban J connectivity index is 3.10. The van der Waals surface area contributed by atoms with Crippen molar-refractivity contribution in [2.24, 2.45) is 0 Å². The van der Waals surface area contributed by atoms with Gasteiger partial charge in [0.25, 0.3) is 0 Å². The highest BCUT2D eigenvalue weighted by atomic mass is 79.9. The number of halogens is 1. The van der Waals surface area contributed by atoms with Gasteiger partial charge in [-0.15, -0.1) is 0 Å². The summed E-state index contributed by atoms with van der Waals surface area (Å²) in [6.07, 6.45) is 0.781. The van der Waals surface area contributed by atoms with Gasteiger partial charge in [-0.25, -0.2) is 0 Å². The molecule has 0 bridgehead atoms. The summed E-state index contributed by atoms with van der Waals surface area (Å²) >= 11 is 2.69. The van der Waals surface area contributed by atoms with Gasteiger partial charge < -0.3 is 5.11 Å². The average molecular weight is 195 g/mol. The van der Waals surface area contributed by atoms with Gasteiger partial charge in [0.15, 0.2) is 4.69 Å². The lowest BCUT2D eigenvalue weighted by Crippen LogP contribution is -1.95. The quantitative estimate of drug-likeness (QED) is 0.684. The summed E-state index contributed by atoms with van der Waals surface area (Å²) in [5.74, 6) is -0.858. The Morgan fingerprint density at radius 3 is 2.22 bits per heavy atom. The first-order valence-electron chi connectivity index (χ1n) is 2.53. The molecule has 0 heterocycles. The zero-order chi connectivity index (χ0) is 7.28. The summed E-state index contributed by atoms with van der Waals surface area (Å²) in [4.78, 5) is 20.0. The van der Waals surface area contributed by atoms with Gasteiger partial charge in [0.05, 0.1) is 0 Å². The molecule has 0 radical (unpaired) electrons. The molecule has 0 atom stereocenters. The van der Waals surface area contributed by atoms with Gasteiger partial charge in [-0.05, 0) is 22.4 Å². The van der Waals surface area contributed by atoms with E-state index in [1.165, 1.54) is 0 Å². The van der Waals surface area contributed by atoms with Gasteiger partial charge in [0, 0.05) is 12.8 Å². The third kappa shape index (κ3) is 7.62. The molecule has 0 aliphatic carbocycles. The minimum Gasteiger partial charge on any atom is -0.481 e. The van der Waals surface area contributed by atoms with Crippen LogP contribution in [0.2, 0.25) is 0 Å². The van der Waals surface area contributed by atoms with Crippen molar-refractivity contribution in [3.63, 3.8) is 0 Å². The highest BCUT2D eigenvalue weighted by molar-refractivity contribution is 9.18. The molecule has 0 aromatic heterocycles. The fraction of sp³-hybridized carbons (Fsp3) is 0.600. The fourth-order valence-electron chi connectivity index (χ4n) is 0.379. The van der Waals surface area contributed by atoms with E-state index in [1.54, 1.807) is 0 Å². The van der Waals surface area contributed by atoms with Crippen LogP contribution in [0.1, 0.15) is 19.3 Å². The van der Waals surface area contributed by atoms with Crippen molar-refractivity contribution in [2.75, 3.05) is 0 Å². The van der Waals surface area contributed by atoms with E-state index in [-0.39, 0.29) is 11.1 Å². The summed E-state index contributed by atoms with van der Waals surface area (Å²) < 4.78 is -0.135. The number of carboxylic acid groups (broad SMARTS) is 1. The molecule has 9 heavy (non-hydrogen) atoms. The lowest BCUT2D eigenvalue weighted by molar-refractivity contribution is -0.137. The van der Waals surface area contributed by atoms with Crippen LogP contribution in [0.4, 0.5) is 0 Å². The lowest BCUT2D eigenvalue weighted by atomic mass is 10.2. The summed E-state index contributed by atoms with van der Waals surface area (Å²) in [5.41, 5.74) is 0. The molecule has 0 aromatic rings. The lowest BCUT2D eigenvalue weighted by Gasteiger charge is -1.88. The van der Waals surface area contributed by atoms with Crippen LogP contribution >= 0.6 is 15.9 Å². The highest BCUT2D eigenvalue weighted by Crippen LogP contribution is 1.99. The second-order valence-corrected chi connectivity index (χ2v) is 2.49. The molecule has 0 aromatic carbocycles. The molecule has 0 amide bonds. The van der Waals surface area contributed by atoms with Gasteiger partial charge >= 0.3 is 5.97 Å². The fourth-order valence-corrected chi connectivity index (χ4v) is 0.659. The third-order valence-electron chi connectivity index (χ3n) is 0.764. The highest BCUT2D eigenvalue weighted by Gasteiger charge is 1.98. The standard InChI is InChI=1S/C5H7BrO3/c6-4(7)2-1-3-5(8)9/h1-3H2,(H,8,9). The van der Waals surface area contributed by atoms with Crippen LogP contribution in [-0.2, 0) is 9.59 Å². The molecule has 0 unspecified atom stereocenters. The molecule has 4 heteroatoms. The number of hydrogen-bond acceptors (Lipinski definition) is 2. The van der Waals surface area contributed by atoms with E-state index < -0.39 is 5.97 Å². The van der Waals surface area contributed by atoms with Crippen LogP contribution in [0.5, 0.6) is 0 Å². The van der Waals surface area contributed by atoms with Gasteiger partial charge in [-0.3, -0.25) is 9.59 Å². The van der Waals surface area contributed by atoms with Crippen LogP contribution in [0.25, 0.3) is 0 Å². The molecule has 1 N–H and O–H groups in total. The summed E-state index contributed by atoms with van der Waals surface area (Å²) in [5, 5.41) is 8.10. The molecule has 52 valence electrons. The van der Waals surface area contributed by atoms with E-state index in [1.807, 2.05) is 0 Å². The van der Waals surface area contributed by atoms with E-state index in [0.29, 0.717) is 12.8 Å². The molecule has 0 aliphatic heterocycles. The molecule has 0 saturated heterocycles. The SMILES string of the molecule is O=C(O)CCCC(=O)Br. The average Bonchev–Trinajstić information content (AvgIpc) is 1.63. The Labute approximate surface area is 61.2 Å². The zero-order valence-corrected chi connectivity index (χ0v) is 6.35. The largest absolute Gasteiger partial charge is 0.481 e. The first-order chi connectivity index (χ1) is 4.13. The molecular weight excluding hydrogens is 188 g/mol. The summed E-state index contributed by atoms with van der Waals surface area (Å²) in [7, 11) is 0. The Hall–Kier alpha value is -0.380. The third-order valence-corrected chi connectivity index (χ3v) is 1.16. The van der Waals surface area contributed by atoms with E-state index in [4.69, 9.17) is 5.11 Å². The van der Waals surface area contributed by atoms with Gasteiger partial charge in [0.1, 0.15) is 0 Å². The molecule has 3 nitrogen and oxygen atoms in total. The van der Waals surface area contributed by atoms with E-state index in [2.05, 4.69) is 15.9 Å². The number of carbonyl (C=O) groups excluding carboxylic acids is 1. The topological polar surface area (TPSA) is 54.4 Å². The van der Waals surface area contributed by atoms with E-state index in [9.17, 15) is 9.59 Å². The van der Waals surface area contributed by atoms with E-state index in [0.717, 1.165) is 0 Å². The van der Waals surface area contributed by atoms with Crippen molar-refractivity contribution in [3.8, 4) is 0 Å². The Morgan fingerprint density at radius 1 is 1.33 bits per heavy atom. The maximum Gasteiger partial charge on any atom is 0.303 e. The van der Waals surface area contributed by atoms with Crippen LogP contribution in [-0.4, -0.2) is 15.8 Å². The Morgan fingerprint density at radius 2 is 1.89 bits per heavy atom. The van der Waals surface area contributed by atoms with Crippen LogP contribution in [0, 0.1) is 0 Å². The Bertz CT molecular complexity index is 107. The van der Waals surface area contributed by atoms with Crippen LogP contribution in [0.15, 0.2) is 0 Å². The first-order valence-corrected chi connectivity index (χ1v) is 3.32. The van der Waals surface area contributed by atoms with Crippen molar-refractivity contribution in [1.82, 2.24) is 0 Å². The number of aliphatic carboxylic acids is 1. The minimum atomic E-state index is -0.858. The predicted molar refractivity (Wildman–Crippen MR) is 35.4 cm³/mol. The van der Waals surface area contributed by atoms with E-state index >= 15 is 0 Å². The number of hydrogen-bond donors (Lipinski definition) is 1. The molecular formula is C5H7BrO3. The van der Waals surface area contributed by atoms with Crippen molar-refractivity contribution in [2.45, 2.75) is 19.3 Å². The second kappa shape index (κ2) is 4.49. The number of rotatable bonds is 4. The van der Waals surface area contributed by atoms with Gasteiger partial charge in [0.2, 0.25) is 0 Å².